The number of hydrogen-bond donors (Lipinski definition) is 3. The fourth-order valence-corrected chi connectivity index (χ4v) is 2.61. The lowest BCUT2D eigenvalue weighted by atomic mass is 10.1. The van der Waals surface area contributed by atoms with Crippen LogP contribution in [0.5, 0.6) is 11.5 Å². The van der Waals surface area contributed by atoms with E-state index in [1.807, 2.05) is 0 Å². The van der Waals surface area contributed by atoms with Gasteiger partial charge in [0.15, 0.2) is 11.5 Å². The maximum Gasteiger partial charge on any atom is 0.315 e. The molecule has 0 radical (unpaired) electrons. The van der Waals surface area contributed by atoms with Gasteiger partial charge in [0.1, 0.15) is 0 Å². The minimum Gasteiger partial charge on any atom is -0.493 e. The Bertz CT molecular complexity index is 647. The number of aliphatic hydroxyl groups excluding tert-OH is 1. The van der Waals surface area contributed by atoms with Gasteiger partial charge in [-0.15, -0.1) is 0 Å². The topological polar surface area (TPSA) is 100 Å². The lowest BCUT2D eigenvalue weighted by molar-refractivity contribution is -0.117. The summed E-state index contributed by atoms with van der Waals surface area (Å²) in [5.41, 5.74) is -0.0431. The minimum absolute atomic E-state index is 0.0843. The molecule has 1 atom stereocenters. The van der Waals surface area contributed by atoms with Gasteiger partial charge in [-0.05, 0) is 26.0 Å². The van der Waals surface area contributed by atoms with Crippen LogP contribution in [0.1, 0.15) is 20.3 Å². The number of carbonyl (C=O) groups is 2. The lowest BCUT2D eigenvalue weighted by Gasteiger charge is -2.25. The van der Waals surface area contributed by atoms with Crippen molar-refractivity contribution < 1.29 is 24.2 Å². The van der Waals surface area contributed by atoms with Crippen molar-refractivity contribution in [3.8, 4) is 11.5 Å². The monoisotopic (exact) mass is 351 g/mol. The van der Waals surface area contributed by atoms with E-state index in [4.69, 9.17) is 9.47 Å². The van der Waals surface area contributed by atoms with Crippen molar-refractivity contribution in [2.24, 2.45) is 0 Å². The van der Waals surface area contributed by atoms with E-state index in [2.05, 4.69) is 10.6 Å². The number of ether oxygens (including phenoxy) is 2. The van der Waals surface area contributed by atoms with E-state index in [-0.39, 0.29) is 25.0 Å². The van der Waals surface area contributed by atoms with Gasteiger partial charge in [-0.3, -0.25) is 4.79 Å². The van der Waals surface area contributed by atoms with E-state index >= 15 is 0 Å². The molecule has 0 spiro atoms. The summed E-state index contributed by atoms with van der Waals surface area (Å²) in [5.74, 6) is 1.03. The number of nitrogens with zero attached hydrogens (tertiary/aromatic N) is 1. The Morgan fingerprint density at radius 3 is 2.60 bits per heavy atom. The average Bonchev–Trinajstić information content (AvgIpc) is 2.93. The Balaban J connectivity index is 2.04. The van der Waals surface area contributed by atoms with Gasteiger partial charge >= 0.3 is 6.03 Å². The van der Waals surface area contributed by atoms with Crippen LogP contribution in [0.25, 0.3) is 0 Å². The number of amides is 3. The van der Waals surface area contributed by atoms with Gasteiger partial charge in [0.2, 0.25) is 5.91 Å². The molecule has 1 fully saturated rings. The number of carbonyl (C=O) groups excluding carboxylic acids is 2. The first-order valence-corrected chi connectivity index (χ1v) is 8.01. The normalized spacial score (nSPS) is 17.4. The molecule has 1 heterocycles. The standard InChI is InChI=1S/C17H25N3O5/c1-17(2,10-21)19-16(23)18-11-7-15(22)20(9-11)12-5-6-13(24-3)14(8-12)25-4/h5-6,8,11,21H,7,9-10H2,1-4H3,(H2,18,19,23)/t11-/m0/s1. The summed E-state index contributed by atoms with van der Waals surface area (Å²) in [5, 5.41) is 14.6. The van der Waals surface area contributed by atoms with E-state index < -0.39 is 11.6 Å². The number of urea groups is 1. The lowest BCUT2D eigenvalue weighted by Crippen LogP contribution is -2.53. The van der Waals surface area contributed by atoms with E-state index in [9.17, 15) is 14.7 Å². The number of anilines is 1. The molecule has 1 aromatic rings. The number of methoxy groups -OCH3 is 2. The molecule has 2 rings (SSSR count). The highest BCUT2D eigenvalue weighted by Gasteiger charge is 2.32. The van der Waals surface area contributed by atoms with E-state index in [1.165, 1.54) is 7.11 Å². The van der Waals surface area contributed by atoms with E-state index in [0.717, 1.165) is 0 Å². The molecule has 1 aliphatic heterocycles. The third kappa shape index (κ3) is 4.54. The van der Waals surface area contributed by atoms with Crippen LogP contribution < -0.4 is 25.0 Å². The summed E-state index contributed by atoms with van der Waals surface area (Å²) in [6.07, 6.45) is 0.210. The highest BCUT2D eigenvalue weighted by molar-refractivity contribution is 5.97. The predicted octanol–water partition coefficient (Wildman–Crippen LogP) is 0.879. The third-order valence-corrected chi connectivity index (χ3v) is 3.99. The van der Waals surface area contributed by atoms with Gasteiger partial charge in [0.05, 0.1) is 32.4 Å². The van der Waals surface area contributed by atoms with Gasteiger partial charge < -0.3 is 30.1 Å². The maximum atomic E-state index is 12.3. The number of rotatable bonds is 6. The largest absolute Gasteiger partial charge is 0.493 e. The summed E-state index contributed by atoms with van der Waals surface area (Å²) in [6, 6.07) is 4.52. The van der Waals surface area contributed by atoms with Gasteiger partial charge in [-0.2, -0.15) is 0 Å². The van der Waals surface area contributed by atoms with Crippen LogP contribution >= 0.6 is 0 Å². The Hall–Kier alpha value is -2.48. The van der Waals surface area contributed by atoms with Crippen LogP contribution in [-0.4, -0.2) is 56.0 Å². The van der Waals surface area contributed by atoms with Crippen molar-refractivity contribution in [1.29, 1.82) is 0 Å². The summed E-state index contributed by atoms with van der Waals surface area (Å²) >= 11 is 0. The number of aliphatic hydroxyl groups is 1. The summed E-state index contributed by atoms with van der Waals surface area (Å²) in [6.45, 7) is 3.60. The SMILES string of the molecule is COc1ccc(N2C[C@@H](NC(=O)NC(C)(C)CO)CC2=O)cc1OC. The van der Waals surface area contributed by atoms with Crippen molar-refractivity contribution in [3.05, 3.63) is 18.2 Å². The molecular weight excluding hydrogens is 326 g/mol. The summed E-state index contributed by atoms with van der Waals surface area (Å²) < 4.78 is 10.5. The zero-order valence-corrected chi connectivity index (χ0v) is 15.0. The molecule has 3 N–H and O–H groups in total. The molecule has 3 amide bonds. The number of benzene rings is 1. The molecule has 1 aromatic carbocycles. The number of hydrogen-bond acceptors (Lipinski definition) is 5. The second kappa shape index (κ2) is 7.60. The van der Waals surface area contributed by atoms with Crippen molar-refractivity contribution >= 4 is 17.6 Å². The van der Waals surface area contributed by atoms with Crippen LogP contribution in [0.15, 0.2) is 18.2 Å². The quantitative estimate of drug-likeness (QED) is 0.706. The van der Waals surface area contributed by atoms with Crippen molar-refractivity contribution in [2.45, 2.75) is 31.8 Å². The molecule has 1 saturated heterocycles. The molecule has 0 aliphatic carbocycles. The van der Waals surface area contributed by atoms with Crippen molar-refractivity contribution in [2.75, 3.05) is 32.3 Å². The zero-order valence-electron chi connectivity index (χ0n) is 15.0. The molecule has 0 bridgehead atoms. The highest BCUT2D eigenvalue weighted by atomic mass is 16.5. The van der Waals surface area contributed by atoms with Crippen LogP contribution in [0, 0.1) is 0 Å². The third-order valence-electron chi connectivity index (χ3n) is 3.99. The van der Waals surface area contributed by atoms with E-state index in [1.54, 1.807) is 44.1 Å². The molecule has 8 heteroatoms. The highest BCUT2D eigenvalue weighted by Crippen LogP contribution is 2.33. The van der Waals surface area contributed by atoms with Crippen LogP contribution in [0.4, 0.5) is 10.5 Å². The molecular formula is C17H25N3O5. The first kappa shape index (κ1) is 18.9. The predicted molar refractivity (Wildman–Crippen MR) is 93.1 cm³/mol. The first-order chi connectivity index (χ1) is 11.8. The minimum atomic E-state index is -0.726. The fraction of sp³-hybridized carbons (Fsp3) is 0.529. The fourth-order valence-electron chi connectivity index (χ4n) is 2.61. The Labute approximate surface area is 147 Å². The summed E-state index contributed by atoms with van der Waals surface area (Å²) in [4.78, 5) is 25.9. The van der Waals surface area contributed by atoms with Crippen LogP contribution in [0.2, 0.25) is 0 Å². The van der Waals surface area contributed by atoms with Crippen molar-refractivity contribution in [1.82, 2.24) is 10.6 Å². The molecule has 0 unspecified atom stereocenters. The second-order valence-electron chi connectivity index (χ2n) is 6.59. The molecule has 138 valence electrons. The Kier molecular flexibility index (Phi) is 5.73. The molecule has 1 aliphatic rings. The Morgan fingerprint density at radius 1 is 1.32 bits per heavy atom. The van der Waals surface area contributed by atoms with Gasteiger partial charge in [-0.1, -0.05) is 0 Å². The smallest absolute Gasteiger partial charge is 0.315 e. The molecule has 0 saturated carbocycles. The zero-order chi connectivity index (χ0) is 18.6. The van der Waals surface area contributed by atoms with Crippen molar-refractivity contribution in [3.63, 3.8) is 0 Å². The summed E-state index contributed by atoms with van der Waals surface area (Å²) in [7, 11) is 3.08. The van der Waals surface area contributed by atoms with Gasteiger partial charge in [0, 0.05) is 24.7 Å². The molecule has 25 heavy (non-hydrogen) atoms. The van der Waals surface area contributed by atoms with Crippen LogP contribution in [-0.2, 0) is 4.79 Å². The molecule has 8 nitrogen and oxygen atoms in total. The average molecular weight is 351 g/mol. The van der Waals surface area contributed by atoms with Gasteiger partial charge in [-0.25, -0.2) is 4.79 Å². The van der Waals surface area contributed by atoms with E-state index in [0.29, 0.717) is 23.7 Å². The first-order valence-electron chi connectivity index (χ1n) is 8.01. The maximum absolute atomic E-state index is 12.3. The number of nitrogens with one attached hydrogen (secondary N) is 2. The van der Waals surface area contributed by atoms with Crippen LogP contribution in [0.3, 0.4) is 0 Å². The second-order valence-corrected chi connectivity index (χ2v) is 6.59. The molecule has 0 aromatic heterocycles. The van der Waals surface area contributed by atoms with Gasteiger partial charge in [0.25, 0.3) is 0 Å². The Morgan fingerprint density at radius 2 is 2.00 bits per heavy atom.